The van der Waals surface area contributed by atoms with Gasteiger partial charge in [0.1, 0.15) is 12.1 Å². The van der Waals surface area contributed by atoms with Crippen molar-refractivity contribution in [2.75, 3.05) is 13.2 Å². The van der Waals surface area contributed by atoms with Gasteiger partial charge < -0.3 is 15.6 Å². The standard InChI is InChI=1S/C8H14N4O2/c1-5(9)6-2-12(11-10-6)7-3-14-4-8(7)13/h2,5,7-8,13H,3-4,9H2,1H3/t5-,7?,8?/m1/s1. The molecule has 2 unspecified atom stereocenters. The third kappa shape index (κ3) is 1.63. The van der Waals surface area contributed by atoms with Crippen molar-refractivity contribution in [3.8, 4) is 0 Å². The van der Waals surface area contributed by atoms with Gasteiger partial charge in [-0.25, -0.2) is 4.68 Å². The number of aromatic nitrogens is 3. The van der Waals surface area contributed by atoms with Gasteiger partial charge in [-0.3, -0.25) is 0 Å². The molecule has 0 radical (unpaired) electrons. The molecule has 2 rings (SSSR count). The van der Waals surface area contributed by atoms with Crippen LogP contribution in [0, 0.1) is 0 Å². The molecule has 1 saturated heterocycles. The molecule has 14 heavy (non-hydrogen) atoms. The van der Waals surface area contributed by atoms with Gasteiger partial charge in [0.2, 0.25) is 0 Å². The normalized spacial score (nSPS) is 29.4. The Bertz CT molecular complexity index is 312. The van der Waals surface area contributed by atoms with Crippen molar-refractivity contribution in [1.29, 1.82) is 0 Å². The maximum absolute atomic E-state index is 9.55. The van der Waals surface area contributed by atoms with Gasteiger partial charge >= 0.3 is 0 Å². The first kappa shape index (κ1) is 9.57. The summed E-state index contributed by atoms with van der Waals surface area (Å²) in [5.74, 6) is 0. The molecule has 3 N–H and O–H groups in total. The van der Waals surface area contributed by atoms with E-state index in [9.17, 15) is 5.11 Å². The van der Waals surface area contributed by atoms with E-state index in [1.807, 2.05) is 6.92 Å². The Morgan fingerprint density at radius 3 is 3.00 bits per heavy atom. The van der Waals surface area contributed by atoms with Crippen LogP contribution in [0.3, 0.4) is 0 Å². The van der Waals surface area contributed by atoms with Crippen LogP contribution in [0.4, 0.5) is 0 Å². The van der Waals surface area contributed by atoms with E-state index < -0.39 is 6.10 Å². The molecule has 3 atom stereocenters. The third-order valence-electron chi connectivity index (χ3n) is 2.36. The van der Waals surface area contributed by atoms with Crippen LogP contribution in [0.1, 0.15) is 24.7 Å². The Morgan fingerprint density at radius 1 is 1.71 bits per heavy atom. The minimum atomic E-state index is -0.502. The summed E-state index contributed by atoms with van der Waals surface area (Å²) in [6.45, 7) is 2.68. The molecule has 0 bridgehead atoms. The van der Waals surface area contributed by atoms with Crippen LogP contribution in [0.2, 0.25) is 0 Å². The second kappa shape index (κ2) is 3.64. The fraction of sp³-hybridized carbons (Fsp3) is 0.750. The van der Waals surface area contributed by atoms with Crippen molar-refractivity contribution in [3.05, 3.63) is 11.9 Å². The highest BCUT2D eigenvalue weighted by Gasteiger charge is 2.28. The summed E-state index contributed by atoms with van der Waals surface area (Å²) in [4.78, 5) is 0. The summed E-state index contributed by atoms with van der Waals surface area (Å²) in [6.07, 6.45) is 1.25. The quantitative estimate of drug-likeness (QED) is 0.651. The van der Waals surface area contributed by atoms with Gasteiger partial charge in [-0.1, -0.05) is 5.21 Å². The monoisotopic (exact) mass is 198 g/mol. The molecule has 1 fully saturated rings. The largest absolute Gasteiger partial charge is 0.388 e. The number of nitrogens with two attached hydrogens (primary N) is 1. The summed E-state index contributed by atoms with van der Waals surface area (Å²) < 4.78 is 6.75. The number of nitrogens with zero attached hydrogens (tertiary/aromatic N) is 3. The van der Waals surface area contributed by atoms with Crippen molar-refractivity contribution in [2.24, 2.45) is 5.73 Å². The smallest absolute Gasteiger partial charge is 0.105 e. The average Bonchev–Trinajstić information content (AvgIpc) is 2.71. The first-order chi connectivity index (χ1) is 6.68. The second-order valence-corrected chi connectivity index (χ2v) is 3.58. The van der Waals surface area contributed by atoms with Crippen LogP contribution in [-0.4, -0.2) is 39.4 Å². The van der Waals surface area contributed by atoms with Gasteiger partial charge in [-0.05, 0) is 6.92 Å². The van der Waals surface area contributed by atoms with E-state index in [2.05, 4.69) is 10.3 Å². The fourth-order valence-corrected chi connectivity index (χ4v) is 1.45. The lowest BCUT2D eigenvalue weighted by Crippen LogP contribution is -2.22. The Hall–Kier alpha value is -0.980. The minimum absolute atomic E-state index is 0.130. The predicted octanol–water partition coefficient (Wildman–Crippen LogP) is -0.770. The highest BCUT2D eigenvalue weighted by atomic mass is 16.5. The molecule has 0 aliphatic carbocycles. The molecule has 6 heteroatoms. The lowest BCUT2D eigenvalue weighted by Gasteiger charge is -2.11. The van der Waals surface area contributed by atoms with Crippen molar-refractivity contribution < 1.29 is 9.84 Å². The number of rotatable bonds is 2. The highest BCUT2D eigenvalue weighted by molar-refractivity contribution is 4.99. The molecule has 0 saturated carbocycles. The zero-order valence-electron chi connectivity index (χ0n) is 8.00. The van der Waals surface area contributed by atoms with Crippen LogP contribution in [-0.2, 0) is 4.74 Å². The Labute approximate surface area is 81.7 Å². The van der Waals surface area contributed by atoms with Crippen molar-refractivity contribution in [3.63, 3.8) is 0 Å². The van der Waals surface area contributed by atoms with Crippen molar-refractivity contribution >= 4 is 0 Å². The molecule has 1 aromatic heterocycles. The molecular formula is C8H14N4O2. The van der Waals surface area contributed by atoms with Crippen LogP contribution in [0.5, 0.6) is 0 Å². The van der Waals surface area contributed by atoms with E-state index in [0.717, 1.165) is 5.69 Å². The van der Waals surface area contributed by atoms with Crippen LogP contribution in [0.25, 0.3) is 0 Å². The van der Waals surface area contributed by atoms with Gasteiger partial charge in [0, 0.05) is 6.04 Å². The fourth-order valence-electron chi connectivity index (χ4n) is 1.45. The maximum atomic E-state index is 9.55. The number of aliphatic hydroxyl groups excluding tert-OH is 1. The summed E-state index contributed by atoms with van der Waals surface area (Å²) in [7, 11) is 0. The van der Waals surface area contributed by atoms with E-state index in [4.69, 9.17) is 10.5 Å². The van der Waals surface area contributed by atoms with Crippen LogP contribution >= 0.6 is 0 Å². The number of ether oxygens (including phenoxy) is 1. The molecule has 2 heterocycles. The lowest BCUT2D eigenvalue weighted by molar-refractivity contribution is 0.117. The molecular weight excluding hydrogens is 184 g/mol. The van der Waals surface area contributed by atoms with Gasteiger partial charge in [0.15, 0.2) is 0 Å². The molecule has 0 amide bonds. The van der Waals surface area contributed by atoms with Gasteiger partial charge in [-0.15, -0.1) is 5.10 Å². The second-order valence-electron chi connectivity index (χ2n) is 3.58. The predicted molar refractivity (Wildman–Crippen MR) is 48.5 cm³/mol. The Kier molecular flexibility index (Phi) is 2.49. The molecule has 0 spiro atoms. The maximum Gasteiger partial charge on any atom is 0.105 e. The van der Waals surface area contributed by atoms with Gasteiger partial charge in [0.05, 0.1) is 25.1 Å². The topological polar surface area (TPSA) is 86.2 Å². The minimum Gasteiger partial charge on any atom is -0.388 e. The highest BCUT2D eigenvalue weighted by Crippen LogP contribution is 2.19. The van der Waals surface area contributed by atoms with E-state index in [1.165, 1.54) is 0 Å². The van der Waals surface area contributed by atoms with E-state index in [-0.39, 0.29) is 12.1 Å². The molecule has 1 aliphatic heterocycles. The molecule has 0 aromatic carbocycles. The van der Waals surface area contributed by atoms with E-state index in [1.54, 1.807) is 10.9 Å². The molecule has 6 nitrogen and oxygen atoms in total. The molecule has 1 aromatic rings. The third-order valence-corrected chi connectivity index (χ3v) is 2.36. The zero-order valence-corrected chi connectivity index (χ0v) is 8.00. The van der Waals surface area contributed by atoms with E-state index in [0.29, 0.717) is 13.2 Å². The summed E-state index contributed by atoms with van der Waals surface area (Å²) in [5, 5.41) is 17.4. The van der Waals surface area contributed by atoms with Crippen LogP contribution < -0.4 is 5.73 Å². The van der Waals surface area contributed by atoms with Gasteiger partial charge in [-0.2, -0.15) is 0 Å². The van der Waals surface area contributed by atoms with Crippen LogP contribution in [0.15, 0.2) is 6.20 Å². The zero-order chi connectivity index (χ0) is 10.1. The lowest BCUT2D eigenvalue weighted by atomic mass is 10.2. The Morgan fingerprint density at radius 2 is 2.50 bits per heavy atom. The molecule has 1 aliphatic rings. The SMILES string of the molecule is C[C@@H](N)c1cn(C2COCC2O)nn1. The number of hydrogen-bond acceptors (Lipinski definition) is 5. The first-order valence-corrected chi connectivity index (χ1v) is 4.61. The van der Waals surface area contributed by atoms with Crippen molar-refractivity contribution in [1.82, 2.24) is 15.0 Å². The summed E-state index contributed by atoms with van der Waals surface area (Å²) in [5.41, 5.74) is 6.38. The molecule has 78 valence electrons. The first-order valence-electron chi connectivity index (χ1n) is 4.61. The van der Waals surface area contributed by atoms with Gasteiger partial charge in [0.25, 0.3) is 0 Å². The summed E-state index contributed by atoms with van der Waals surface area (Å²) >= 11 is 0. The van der Waals surface area contributed by atoms with E-state index >= 15 is 0 Å². The number of hydrogen-bond donors (Lipinski definition) is 2. The Balaban J connectivity index is 2.16. The number of aliphatic hydroxyl groups is 1. The average molecular weight is 198 g/mol. The van der Waals surface area contributed by atoms with Crippen molar-refractivity contribution in [2.45, 2.75) is 25.1 Å². The summed E-state index contributed by atoms with van der Waals surface area (Å²) in [6, 6.07) is -0.266.